The maximum absolute atomic E-state index is 12.6. The van der Waals surface area contributed by atoms with Gasteiger partial charge in [-0.1, -0.05) is 11.6 Å². The number of aromatic nitrogens is 2. The molecule has 1 fully saturated rings. The summed E-state index contributed by atoms with van der Waals surface area (Å²) in [6, 6.07) is 16.4. The van der Waals surface area contributed by atoms with Crippen LogP contribution < -0.4 is 25.6 Å². The van der Waals surface area contributed by atoms with E-state index >= 15 is 0 Å². The number of hydrogen-bond donors (Lipinski definition) is 3. The van der Waals surface area contributed by atoms with Crippen molar-refractivity contribution in [2.45, 2.75) is 13.3 Å². The average molecular weight is 495 g/mol. The second-order valence-electron chi connectivity index (χ2n) is 8.17. The summed E-state index contributed by atoms with van der Waals surface area (Å²) in [4.78, 5) is 35.5. The summed E-state index contributed by atoms with van der Waals surface area (Å²) < 4.78 is 5.18. The van der Waals surface area contributed by atoms with Crippen molar-refractivity contribution in [2.75, 3.05) is 42.3 Å². The topological polar surface area (TPSA) is 108 Å². The molecule has 10 heteroatoms. The van der Waals surface area contributed by atoms with Gasteiger partial charge in [0.15, 0.2) is 0 Å². The summed E-state index contributed by atoms with van der Waals surface area (Å²) in [6.07, 6.45) is 0.184. The molecule has 2 amide bonds. The van der Waals surface area contributed by atoms with E-state index in [1.54, 1.807) is 36.3 Å². The zero-order valence-electron chi connectivity index (χ0n) is 19.5. The van der Waals surface area contributed by atoms with Crippen molar-refractivity contribution in [1.29, 1.82) is 0 Å². The largest absolute Gasteiger partial charge is 0.497 e. The summed E-state index contributed by atoms with van der Waals surface area (Å²) in [5, 5.41) is 9.88. The zero-order chi connectivity index (χ0) is 24.8. The van der Waals surface area contributed by atoms with E-state index in [9.17, 15) is 9.59 Å². The standard InChI is InChI=1S/C25H27ClN6O3/c1-16-13-22(30-19-5-9-21(35-2)10-6-19)31-25(29-16)28-12-11-27-24(34)17-14-23(33)32(15-17)20-7-3-18(26)4-8-20/h3-10,13,17H,11-12,14-15H2,1-2H3,(H,27,34)(H2,28,29,30,31). The van der Waals surface area contributed by atoms with Crippen molar-refractivity contribution in [3.8, 4) is 5.75 Å². The second kappa shape index (κ2) is 11.1. The minimum atomic E-state index is -0.395. The van der Waals surface area contributed by atoms with E-state index in [4.69, 9.17) is 16.3 Å². The highest BCUT2D eigenvalue weighted by atomic mass is 35.5. The molecule has 1 unspecified atom stereocenters. The van der Waals surface area contributed by atoms with Crippen molar-refractivity contribution < 1.29 is 14.3 Å². The second-order valence-corrected chi connectivity index (χ2v) is 8.61. The molecule has 0 radical (unpaired) electrons. The Morgan fingerprint density at radius 2 is 1.86 bits per heavy atom. The third-order valence-corrected chi connectivity index (χ3v) is 5.81. The fourth-order valence-corrected chi connectivity index (χ4v) is 3.92. The summed E-state index contributed by atoms with van der Waals surface area (Å²) in [5.74, 6) is 1.27. The number of nitrogens with zero attached hydrogens (tertiary/aromatic N) is 3. The predicted molar refractivity (Wildman–Crippen MR) is 136 cm³/mol. The minimum Gasteiger partial charge on any atom is -0.497 e. The van der Waals surface area contributed by atoms with Gasteiger partial charge in [-0.25, -0.2) is 4.98 Å². The molecular weight excluding hydrogens is 468 g/mol. The van der Waals surface area contributed by atoms with Gasteiger partial charge in [0.05, 0.1) is 13.0 Å². The lowest BCUT2D eigenvalue weighted by Gasteiger charge is -2.17. The van der Waals surface area contributed by atoms with Crippen molar-refractivity contribution in [3.63, 3.8) is 0 Å². The molecule has 1 atom stereocenters. The van der Waals surface area contributed by atoms with E-state index in [1.807, 2.05) is 37.3 Å². The third kappa shape index (κ3) is 6.39. The molecule has 1 aliphatic rings. The molecule has 2 aromatic carbocycles. The predicted octanol–water partition coefficient (Wildman–Crippen LogP) is 3.77. The number of hydrogen-bond acceptors (Lipinski definition) is 7. The molecule has 1 aliphatic heterocycles. The highest BCUT2D eigenvalue weighted by molar-refractivity contribution is 6.30. The van der Waals surface area contributed by atoms with E-state index < -0.39 is 5.92 Å². The number of halogens is 1. The molecule has 1 aromatic heterocycles. The van der Waals surface area contributed by atoms with E-state index in [0.717, 1.165) is 22.8 Å². The van der Waals surface area contributed by atoms with Crippen molar-refractivity contribution in [3.05, 3.63) is 65.3 Å². The molecule has 1 saturated heterocycles. The van der Waals surface area contributed by atoms with Gasteiger partial charge in [0.25, 0.3) is 0 Å². The van der Waals surface area contributed by atoms with Gasteiger partial charge in [-0.2, -0.15) is 4.98 Å². The van der Waals surface area contributed by atoms with Gasteiger partial charge in [0.2, 0.25) is 17.8 Å². The third-order valence-electron chi connectivity index (χ3n) is 5.56. The number of nitrogens with one attached hydrogen (secondary N) is 3. The Morgan fingerprint density at radius 3 is 2.57 bits per heavy atom. The highest BCUT2D eigenvalue weighted by Crippen LogP contribution is 2.26. The fourth-order valence-electron chi connectivity index (χ4n) is 3.79. The van der Waals surface area contributed by atoms with Gasteiger partial charge >= 0.3 is 0 Å². The number of anilines is 4. The van der Waals surface area contributed by atoms with Gasteiger partial charge in [-0.3, -0.25) is 9.59 Å². The zero-order valence-corrected chi connectivity index (χ0v) is 20.3. The fraction of sp³-hybridized carbons (Fsp3) is 0.280. The highest BCUT2D eigenvalue weighted by Gasteiger charge is 2.34. The number of carbonyl (C=O) groups is 2. The van der Waals surface area contributed by atoms with Gasteiger partial charge in [0.1, 0.15) is 11.6 Å². The molecule has 4 rings (SSSR count). The quantitative estimate of drug-likeness (QED) is 0.388. The number of carbonyl (C=O) groups excluding carboxylic acids is 2. The van der Waals surface area contributed by atoms with Crippen molar-refractivity contribution in [1.82, 2.24) is 15.3 Å². The first kappa shape index (κ1) is 24.3. The molecule has 0 spiro atoms. The minimum absolute atomic E-state index is 0.0735. The first-order valence-corrected chi connectivity index (χ1v) is 11.6. The smallest absolute Gasteiger partial charge is 0.227 e. The summed E-state index contributed by atoms with van der Waals surface area (Å²) >= 11 is 5.92. The molecule has 3 N–H and O–H groups in total. The molecule has 3 aromatic rings. The summed E-state index contributed by atoms with van der Waals surface area (Å²) in [5.41, 5.74) is 2.42. The maximum Gasteiger partial charge on any atom is 0.227 e. The Bertz CT molecular complexity index is 1190. The van der Waals surface area contributed by atoms with Crippen molar-refractivity contribution >= 4 is 46.6 Å². The van der Waals surface area contributed by atoms with E-state index in [0.29, 0.717) is 36.4 Å². The Morgan fingerprint density at radius 1 is 1.11 bits per heavy atom. The molecule has 35 heavy (non-hydrogen) atoms. The molecule has 0 aliphatic carbocycles. The van der Waals surface area contributed by atoms with Crippen LogP contribution in [0.15, 0.2) is 54.6 Å². The van der Waals surface area contributed by atoms with Crippen molar-refractivity contribution in [2.24, 2.45) is 5.92 Å². The van der Waals surface area contributed by atoms with Crippen LogP contribution in [0.25, 0.3) is 0 Å². The van der Waals surface area contributed by atoms with Crippen LogP contribution in [0.4, 0.5) is 23.1 Å². The lowest BCUT2D eigenvalue weighted by atomic mass is 10.1. The van der Waals surface area contributed by atoms with Crippen LogP contribution in [0.5, 0.6) is 5.75 Å². The van der Waals surface area contributed by atoms with E-state index in [2.05, 4.69) is 25.9 Å². The first-order valence-electron chi connectivity index (χ1n) is 11.3. The van der Waals surface area contributed by atoms with Crippen LogP contribution >= 0.6 is 11.6 Å². The number of amides is 2. The van der Waals surface area contributed by atoms with E-state index in [1.165, 1.54) is 0 Å². The Hall–Kier alpha value is -3.85. The molecule has 2 heterocycles. The van der Waals surface area contributed by atoms with Crippen LogP contribution in [0.3, 0.4) is 0 Å². The Kier molecular flexibility index (Phi) is 7.67. The van der Waals surface area contributed by atoms with Crippen LogP contribution in [0.2, 0.25) is 5.02 Å². The van der Waals surface area contributed by atoms with Gasteiger partial charge < -0.3 is 25.6 Å². The summed E-state index contributed by atoms with van der Waals surface area (Å²) in [6.45, 7) is 3.06. The van der Waals surface area contributed by atoms with Crippen LogP contribution in [0.1, 0.15) is 12.1 Å². The summed E-state index contributed by atoms with van der Waals surface area (Å²) in [7, 11) is 1.62. The first-order chi connectivity index (χ1) is 16.9. The van der Waals surface area contributed by atoms with Gasteiger partial charge in [-0.15, -0.1) is 0 Å². The molecule has 182 valence electrons. The lowest BCUT2D eigenvalue weighted by Crippen LogP contribution is -2.35. The molecule has 0 saturated carbocycles. The monoisotopic (exact) mass is 494 g/mol. The molecule has 0 bridgehead atoms. The maximum atomic E-state index is 12.6. The van der Waals surface area contributed by atoms with E-state index in [-0.39, 0.29) is 18.2 Å². The number of rotatable bonds is 9. The van der Waals surface area contributed by atoms with Gasteiger partial charge in [-0.05, 0) is 55.5 Å². The molecular formula is C25H27ClN6O3. The Labute approximate surface area is 208 Å². The number of ether oxygens (including phenoxy) is 1. The SMILES string of the molecule is COc1ccc(Nc2cc(C)nc(NCCNC(=O)C3CC(=O)N(c4ccc(Cl)cc4)C3)n2)cc1. The lowest BCUT2D eigenvalue weighted by molar-refractivity contribution is -0.126. The Balaban J connectivity index is 1.26. The van der Waals surface area contributed by atoms with Crippen LogP contribution in [-0.2, 0) is 9.59 Å². The number of aryl methyl sites for hydroxylation is 1. The number of methoxy groups -OCH3 is 1. The van der Waals surface area contributed by atoms with Crippen LogP contribution in [0, 0.1) is 12.8 Å². The number of benzene rings is 2. The van der Waals surface area contributed by atoms with Gasteiger partial charge in [0, 0.05) is 54.2 Å². The normalized spacial score (nSPS) is 15.1. The average Bonchev–Trinajstić information content (AvgIpc) is 3.24. The van der Waals surface area contributed by atoms with Crippen LogP contribution in [-0.4, -0.2) is 48.5 Å². The molecule has 9 nitrogen and oxygen atoms in total.